The second-order valence-corrected chi connectivity index (χ2v) is 4.84. The summed E-state index contributed by atoms with van der Waals surface area (Å²) in [6.07, 6.45) is -1.07. The van der Waals surface area contributed by atoms with Gasteiger partial charge >= 0.3 is 12.0 Å². The Morgan fingerprint density at radius 2 is 1.95 bits per heavy atom. The highest BCUT2D eigenvalue weighted by Crippen LogP contribution is 2.14. The molecule has 0 fully saturated rings. The molecule has 7 nitrogen and oxygen atoms in total. The number of imide groups is 1. The Balaban J connectivity index is 2.65. The van der Waals surface area contributed by atoms with Gasteiger partial charge in [0.25, 0.3) is 5.91 Å². The summed E-state index contributed by atoms with van der Waals surface area (Å²) in [4.78, 5) is 36.8. The van der Waals surface area contributed by atoms with Gasteiger partial charge in [-0.05, 0) is 32.0 Å². The third-order valence-corrected chi connectivity index (χ3v) is 2.83. The van der Waals surface area contributed by atoms with Crippen molar-refractivity contribution in [3.8, 4) is 0 Å². The zero-order chi connectivity index (χ0) is 16.7. The highest BCUT2D eigenvalue weighted by atomic mass is 16.5. The van der Waals surface area contributed by atoms with E-state index in [1.165, 1.54) is 6.92 Å². The molecule has 0 aliphatic heterocycles. The molecule has 0 radical (unpaired) electrons. The summed E-state index contributed by atoms with van der Waals surface area (Å²) >= 11 is 0. The van der Waals surface area contributed by atoms with Crippen molar-refractivity contribution >= 4 is 23.6 Å². The number of carbonyl (C=O) groups excluding carboxylic acids is 3. The van der Waals surface area contributed by atoms with E-state index in [1.54, 1.807) is 25.1 Å². The topological polar surface area (TPSA) is 87.7 Å². The summed E-state index contributed by atoms with van der Waals surface area (Å²) in [5.41, 5.74) is 1.18. The third-order valence-electron chi connectivity index (χ3n) is 2.83. The van der Waals surface area contributed by atoms with Crippen molar-refractivity contribution in [1.82, 2.24) is 10.6 Å². The molecule has 1 rings (SSSR count). The van der Waals surface area contributed by atoms with E-state index in [-0.39, 0.29) is 0 Å². The second kappa shape index (κ2) is 8.02. The van der Waals surface area contributed by atoms with Crippen LogP contribution in [0.2, 0.25) is 0 Å². The molecule has 7 heteroatoms. The lowest BCUT2D eigenvalue weighted by Gasteiger charge is -2.15. The number of benzene rings is 1. The van der Waals surface area contributed by atoms with Crippen molar-refractivity contribution in [2.75, 3.05) is 25.5 Å². The molecular weight excluding hydrogens is 286 g/mol. The Morgan fingerprint density at radius 3 is 2.55 bits per heavy atom. The van der Waals surface area contributed by atoms with Crippen LogP contribution in [0.25, 0.3) is 0 Å². The quantitative estimate of drug-likeness (QED) is 0.797. The Hall–Kier alpha value is -2.57. The molecule has 0 heterocycles. The first-order valence-electron chi connectivity index (χ1n) is 6.92. The Morgan fingerprint density at radius 1 is 1.27 bits per heavy atom. The summed E-state index contributed by atoms with van der Waals surface area (Å²) in [6, 6.07) is 6.22. The third kappa shape index (κ3) is 5.08. The normalized spacial score (nSPS) is 11.3. The van der Waals surface area contributed by atoms with Crippen molar-refractivity contribution in [3.63, 3.8) is 0 Å². The molecule has 1 unspecified atom stereocenters. The number of hydrogen-bond acceptors (Lipinski definition) is 5. The van der Waals surface area contributed by atoms with Crippen LogP contribution >= 0.6 is 0 Å². The SMILES string of the molecule is CCNC(=O)NC(=O)C(C)OC(=O)c1cccc(N(C)C)c1. The lowest BCUT2D eigenvalue weighted by Crippen LogP contribution is -2.44. The fourth-order valence-electron chi connectivity index (χ4n) is 1.61. The molecular formula is C15H21N3O4. The smallest absolute Gasteiger partial charge is 0.338 e. The molecule has 1 aromatic carbocycles. The van der Waals surface area contributed by atoms with Gasteiger partial charge in [0.2, 0.25) is 0 Å². The highest BCUT2D eigenvalue weighted by Gasteiger charge is 2.20. The molecule has 0 saturated heterocycles. The number of carbonyl (C=O) groups is 3. The average molecular weight is 307 g/mol. The first-order valence-corrected chi connectivity index (χ1v) is 6.92. The van der Waals surface area contributed by atoms with E-state index >= 15 is 0 Å². The minimum Gasteiger partial charge on any atom is -0.449 e. The zero-order valence-electron chi connectivity index (χ0n) is 13.2. The number of hydrogen-bond donors (Lipinski definition) is 2. The fraction of sp³-hybridized carbons (Fsp3) is 0.400. The molecule has 0 spiro atoms. The van der Waals surface area contributed by atoms with Gasteiger partial charge in [0.1, 0.15) is 0 Å². The minimum atomic E-state index is -1.07. The van der Waals surface area contributed by atoms with E-state index in [2.05, 4.69) is 10.6 Å². The summed E-state index contributed by atoms with van der Waals surface area (Å²) in [7, 11) is 3.71. The van der Waals surface area contributed by atoms with E-state index in [1.807, 2.05) is 25.1 Å². The number of nitrogens with one attached hydrogen (secondary N) is 2. The Kier molecular flexibility index (Phi) is 6.37. The molecule has 0 saturated carbocycles. The predicted molar refractivity (Wildman–Crippen MR) is 82.9 cm³/mol. The van der Waals surface area contributed by atoms with Crippen LogP contribution in [-0.2, 0) is 9.53 Å². The molecule has 1 aromatic rings. The van der Waals surface area contributed by atoms with Gasteiger partial charge in [-0.2, -0.15) is 0 Å². The van der Waals surface area contributed by atoms with E-state index in [0.29, 0.717) is 12.1 Å². The van der Waals surface area contributed by atoms with Gasteiger partial charge in [-0.15, -0.1) is 0 Å². The van der Waals surface area contributed by atoms with E-state index in [0.717, 1.165) is 5.69 Å². The number of nitrogens with zero attached hydrogens (tertiary/aromatic N) is 1. The van der Waals surface area contributed by atoms with Gasteiger partial charge in [-0.1, -0.05) is 6.07 Å². The molecule has 0 aliphatic rings. The number of esters is 1. The van der Waals surface area contributed by atoms with Crippen molar-refractivity contribution < 1.29 is 19.1 Å². The monoisotopic (exact) mass is 307 g/mol. The van der Waals surface area contributed by atoms with Crippen LogP contribution in [0.5, 0.6) is 0 Å². The summed E-state index contributed by atoms with van der Waals surface area (Å²) < 4.78 is 5.06. The zero-order valence-corrected chi connectivity index (χ0v) is 13.2. The summed E-state index contributed by atoms with van der Waals surface area (Å²) in [5.74, 6) is -1.30. The van der Waals surface area contributed by atoms with Gasteiger partial charge in [-0.3, -0.25) is 10.1 Å². The highest BCUT2D eigenvalue weighted by molar-refractivity contribution is 5.98. The van der Waals surface area contributed by atoms with Crippen LogP contribution in [0, 0.1) is 0 Å². The lowest BCUT2D eigenvalue weighted by molar-refractivity contribution is -0.127. The molecule has 2 N–H and O–H groups in total. The molecule has 120 valence electrons. The first kappa shape index (κ1) is 17.5. The van der Waals surface area contributed by atoms with Gasteiger partial charge < -0.3 is 15.0 Å². The number of amides is 3. The standard InChI is InChI=1S/C15H21N3O4/c1-5-16-15(21)17-13(19)10(2)22-14(20)11-7-6-8-12(9-11)18(3)4/h6-10H,5H2,1-4H3,(H2,16,17,19,21). The van der Waals surface area contributed by atoms with Gasteiger partial charge in [0.05, 0.1) is 5.56 Å². The van der Waals surface area contributed by atoms with E-state index < -0.39 is 24.0 Å². The van der Waals surface area contributed by atoms with Crippen LogP contribution in [0.1, 0.15) is 24.2 Å². The first-order chi connectivity index (χ1) is 10.3. The fourth-order valence-corrected chi connectivity index (χ4v) is 1.61. The molecule has 0 aliphatic carbocycles. The molecule has 1 atom stereocenters. The van der Waals surface area contributed by atoms with Crippen LogP contribution in [-0.4, -0.2) is 44.7 Å². The minimum absolute atomic E-state index is 0.337. The second-order valence-electron chi connectivity index (χ2n) is 4.84. The average Bonchev–Trinajstić information content (AvgIpc) is 2.47. The van der Waals surface area contributed by atoms with Crippen LogP contribution in [0.4, 0.5) is 10.5 Å². The predicted octanol–water partition coefficient (Wildman–Crippen LogP) is 1.14. The Labute approximate surface area is 129 Å². The molecule has 0 aromatic heterocycles. The summed E-state index contributed by atoms with van der Waals surface area (Å²) in [5, 5.41) is 4.51. The molecule has 22 heavy (non-hydrogen) atoms. The number of urea groups is 1. The van der Waals surface area contributed by atoms with Crippen molar-refractivity contribution in [2.24, 2.45) is 0 Å². The van der Waals surface area contributed by atoms with Crippen molar-refractivity contribution in [1.29, 1.82) is 0 Å². The van der Waals surface area contributed by atoms with Crippen LogP contribution < -0.4 is 15.5 Å². The number of ether oxygens (including phenoxy) is 1. The van der Waals surface area contributed by atoms with Gasteiger partial charge in [0, 0.05) is 26.3 Å². The summed E-state index contributed by atoms with van der Waals surface area (Å²) in [6.45, 7) is 3.53. The van der Waals surface area contributed by atoms with E-state index in [4.69, 9.17) is 4.74 Å². The maximum absolute atomic E-state index is 12.0. The van der Waals surface area contributed by atoms with Crippen molar-refractivity contribution in [2.45, 2.75) is 20.0 Å². The van der Waals surface area contributed by atoms with E-state index in [9.17, 15) is 14.4 Å². The maximum Gasteiger partial charge on any atom is 0.338 e. The maximum atomic E-state index is 12.0. The van der Waals surface area contributed by atoms with Crippen molar-refractivity contribution in [3.05, 3.63) is 29.8 Å². The molecule has 0 bridgehead atoms. The lowest BCUT2D eigenvalue weighted by atomic mass is 10.2. The molecule has 3 amide bonds. The largest absolute Gasteiger partial charge is 0.449 e. The number of rotatable bonds is 5. The van der Waals surface area contributed by atoms with Gasteiger partial charge in [-0.25, -0.2) is 9.59 Å². The Bertz CT molecular complexity index is 557. The van der Waals surface area contributed by atoms with Crippen LogP contribution in [0.15, 0.2) is 24.3 Å². The van der Waals surface area contributed by atoms with Crippen LogP contribution in [0.3, 0.4) is 0 Å². The number of anilines is 1. The van der Waals surface area contributed by atoms with Gasteiger partial charge in [0.15, 0.2) is 6.10 Å².